The van der Waals surface area contributed by atoms with Crippen LogP contribution in [0.15, 0.2) is 16.9 Å². The van der Waals surface area contributed by atoms with Crippen LogP contribution in [0.2, 0.25) is 0 Å². The fourth-order valence-electron chi connectivity index (χ4n) is 2.04. The van der Waals surface area contributed by atoms with Gasteiger partial charge in [0, 0.05) is 13.0 Å². The lowest BCUT2D eigenvalue weighted by atomic mass is 10.2. The van der Waals surface area contributed by atoms with E-state index in [-0.39, 0.29) is 24.2 Å². The number of hydrogen-bond acceptors (Lipinski definition) is 6. The van der Waals surface area contributed by atoms with Gasteiger partial charge in [0.2, 0.25) is 15.9 Å². The number of methoxy groups -OCH3 is 1. The first-order valence-corrected chi connectivity index (χ1v) is 8.20. The van der Waals surface area contributed by atoms with Gasteiger partial charge in [-0.25, -0.2) is 23.3 Å². The number of anilines is 1. The van der Waals surface area contributed by atoms with Crippen molar-refractivity contribution in [1.29, 1.82) is 0 Å². The monoisotopic (exact) mass is 377 g/mol. The van der Waals surface area contributed by atoms with Crippen LogP contribution in [0.1, 0.15) is 16.8 Å². The van der Waals surface area contributed by atoms with Gasteiger partial charge in [-0.2, -0.15) is 0 Å². The fraction of sp³-hybridized carbons (Fsp3) is 0.364. The lowest BCUT2D eigenvalue weighted by Crippen LogP contribution is -2.32. The highest BCUT2D eigenvalue weighted by atomic mass is 79.9. The highest BCUT2D eigenvalue weighted by molar-refractivity contribution is 9.10. The number of primary sulfonamides is 1. The molecule has 1 atom stereocenters. The van der Waals surface area contributed by atoms with Gasteiger partial charge >= 0.3 is 5.97 Å². The lowest BCUT2D eigenvalue weighted by molar-refractivity contribution is -0.117. The predicted octanol–water partition coefficient (Wildman–Crippen LogP) is 0.0245. The number of nitrogens with zero attached hydrogens (tertiary/aromatic N) is 2. The van der Waals surface area contributed by atoms with Gasteiger partial charge < -0.3 is 9.64 Å². The predicted molar refractivity (Wildman–Crippen MR) is 77.1 cm³/mol. The zero-order valence-electron chi connectivity index (χ0n) is 10.9. The molecule has 10 heteroatoms. The van der Waals surface area contributed by atoms with E-state index in [1.54, 1.807) is 0 Å². The summed E-state index contributed by atoms with van der Waals surface area (Å²) in [6.07, 6.45) is 1.08. The molecule has 0 radical (unpaired) electrons. The van der Waals surface area contributed by atoms with E-state index in [0.29, 0.717) is 4.60 Å². The molecule has 2 heterocycles. The number of pyridine rings is 1. The van der Waals surface area contributed by atoms with Crippen LogP contribution in [0.4, 0.5) is 5.69 Å². The zero-order valence-corrected chi connectivity index (χ0v) is 13.3. The van der Waals surface area contributed by atoms with Crippen LogP contribution < -0.4 is 10.0 Å². The average Bonchev–Trinajstić information content (AvgIpc) is 2.80. The van der Waals surface area contributed by atoms with E-state index < -0.39 is 27.1 Å². The van der Waals surface area contributed by atoms with Gasteiger partial charge in [0.25, 0.3) is 0 Å². The summed E-state index contributed by atoms with van der Waals surface area (Å²) >= 11 is 3.12. The van der Waals surface area contributed by atoms with Gasteiger partial charge in [0.15, 0.2) is 0 Å². The van der Waals surface area contributed by atoms with Crippen LogP contribution in [0, 0.1) is 0 Å². The van der Waals surface area contributed by atoms with Crippen LogP contribution >= 0.6 is 15.9 Å². The number of sulfonamides is 1. The minimum Gasteiger partial charge on any atom is -0.465 e. The molecule has 21 heavy (non-hydrogen) atoms. The van der Waals surface area contributed by atoms with Crippen molar-refractivity contribution in [3.63, 3.8) is 0 Å². The van der Waals surface area contributed by atoms with Gasteiger partial charge in [0.05, 0.1) is 24.6 Å². The van der Waals surface area contributed by atoms with Crippen LogP contribution in [0.5, 0.6) is 0 Å². The van der Waals surface area contributed by atoms with Crippen molar-refractivity contribution in [1.82, 2.24) is 4.98 Å². The first-order chi connectivity index (χ1) is 9.74. The summed E-state index contributed by atoms with van der Waals surface area (Å²) in [5.74, 6) is -1.09. The number of ether oxygens (including phenoxy) is 1. The molecule has 1 aromatic heterocycles. The van der Waals surface area contributed by atoms with E-state index in [9.17, 15) is 18.0 Å². The highest BCUT2D eigenvalue weighted by Crippen LogP contribution is 2.28. The Morgan fingerprint density at radius 2 is 2.24 bits per heavy atom. The number of carbonyl (C=O) groups is 2. The van der Waals surface area contributed by atoms with E-state index >= 15 is 0 Å². The molecular formula is C11H12BrN3O5S. The Morgan fingerprint density at radius 3 is 2.76 bits per heavy atom. The van der Waals surface area contributed by atoms with E-state index in [4.69, 9.17) is 5.14 Å². The minimum atomic E-state index is -3.83. The number of nitrogens with two attached hydrogens (primary N) is 1. The summed E-state index contributed by atoms with van der Waals surface area (Å²) in [6.45, 7) is -0.120. The molecule has 8 nitrogen and oxygen atoms in total. The first kappa shape index (κ1) is 15.9. The Bertz CT molecular complexity index is 706. The topological polar surface area (TPSA) is 120 Å². The SMILES string of the molecule is COC(=O)c1cc(Br)ncc1N1CC(S(N)(=O)=O)CC1=O. The van der Waals surface area contributed by atoms with Gasteiger partial charge in [-0.1, -0.05) is 0 Å². The molecular weight excluding hydrogens is 366 g/mol. The second-order valence-electron chi connectivity index (χ2n) is 4.44. The van der Waals surface area contributed by atoms with Crippen molar-refractivity contribution < 1.29 is 22.7 Å². The standard InChI is InChI=1S/C11H12BrN3O5S/c1-20-11(17)7-3-9(12)14-4-8(7)15-5-6(2-10(15)16)21(13,18)19/h3-4,6H,2,5H2,1H3,(H2,13,18,19). The Kier molecular flexibility index (Phi) is 4.30. The van der Waals surface area contributed by atoms with Gasteiger partial charge in [0.1, 0.15) is 9.85 Å². The van der Waals surface area contributed by atoms with Crippen LogP contribution in [-0.4, -0.2) is 44.2 Å². The first-order valence-electron chi connectivity index (χ1n) is 5.80. The van der Waals surface area contributed by atoms with Crippen molar-refractivity contribution >= 4 is 43.5 Å². The average molecular weight is 378 g/mol. The second kappa shape index (κ2) is 5.70. The van der Waals surface area contributed by atoms with Crippen LogP contribution in [0.3, 0.4) is 0 Å². The summed E-state index contributed by atoms with van der Waals surface area (Å²) in [4.78, 5) is 28.9. The fourth-order valence-corrected chi connectivity index (χ4v) is 3.10. The molecule has 0 spiro atoms. The molecule has 1 aromatic rings. The maximum atomic E-state index is 12.0. The molecule has 1 fully saturated rings. The molecule has 1 aliphatic heterocycles. The minimum absolute atomic E-state index is 0.114. The van der Waals surface area contributed by atoms with Crippen molar-refractivity contribution in [3.8, 4) is 0 Å². The molecule has 114 valence electrons. The van der Waals surface area contributed by atoms with Crippen molar-refractivity contribution in [3.05, 3.63) is 22.4 Å². The quantitative estimate of drug-likeness (QED) is 0.585. The lowest BCUT2D eigenvalue weighted by Gasteiger charge is -2.18. The number of amides is 1. The molecule has 0 saturated carbocycles. The molecule has 1 amide bonds. The largest absolute Gasteiger partial charge is 0.465 e. The van der Waals surface area contributed by atoms with Crippen molar-refractivity contribution in [2.24, 2.45) is 5.14 Å². The van der Waals surface area contributed by atoms with E-state index in [1.165, 1.54) is 24.3 Å². The van der Waals surface area contributed by atoms with E-state index in [0.717, 1.165) is 0 Å². The van der Waals surface area contributed by atoms with Crippen molar-refractivity contribution in [2.45, 2.75) is 11.7 Å². The molecule has 0 bridgehead atoms. The maximum absolute atomic E-state index is 12.0. The molecule has 2 rings (SSSR count). The smallest absolute Gasteiger partial charge is 0.340 e. The van der Waals surface area contributed by atoms with Gasteiger partial charge in [-0.3, -0.25) is 4.79 Å². The Hall–Kier alpha value is -1.52. The summed E-state index contributed by atoms with van der Waals surface area (Å²) in [6, 6.07) is 1.40. The molecule has 1 aliphatic rings. The maximum Gasteiger partial charge on any atom is 0.340 e. The Labute approximate surface area is 129 Å². The summed E-state index contributed by atoms with van der Waals surface area (Å²) < 4.78 is 27.8. The third-order valence-corrected chi connectivity index (χ3v) is 4.78. The summed E-state index contributed by atoms with van der Waals surface area (Å²) in [5, 5.41) is 4.07. The number of aromatic nitrogens is 1. The summed E-state index contributed by atoms with van der Waals surface area (Å²) in [7, 11) is -2.62. The normalized spacial score (nSPS) is 18.9. The number of rotatable bonds is 3. The Morgan fingerprint density at radius 1 is 1.57 bits per heavy atom. The highest BCUT2D eigenvalue weighted by Gasteiger charge is 2.38. The van der Waals surface area contributed by atoms with E-state index in [1.807, 2.05) is 0 Å². The molecule has 2 N–H and O–H groups in total. The van der Waals surface area contributed by atoms with Crippen molar-refractivity contribution in [2.75, 3.05) is 18.6 Å². The Balaban J connectivity index is 2.43. The van der Waals surface area contributed by atoms with Crippen LogP contribution in [0.25, 0.3) is 0 Å². The molecule has 0 aliphatic carbocycles. The van der Waals surface area contributed by atoms with E-state index in [2.05, 4.69) is 25.7 Å². The van der Waals surface area contributed by atoms with Gasteiger partial charge in [-0.15, -0.1) is 0 Å². The van der Waals surface area contributed by atoms with Crippen LogP contribution in [-0.2, 0) is 19.6 Å². The molecule has 0 aromatic carbocycles. The third kappa shape index (κ3) is 3.22. The second-order valence-corrected chi connectivity index (χ2v) is 7.09. The molecule has 1 unspecified atom stereocenters. The zero-order chi connectivity index (χ0) is 15.8. The van der Waals surface area contributed by atoms with Gasteiger partial charge in [-0.05, 0) is 22.0 Å². The third-order valence-electron chi connectivity index (χ3n) is 3.10. The number of carbonyl (C=O) groups excluding carboxylic acids is 2. The molecule has 1 saturated heterocycles. The summed E-state index contributed by atoms with van der Waals surface area (Å²) in [5.41, 5.74) is 0.309. The number of hydrogen-bond donors (Lipinski definition) is 1. The number of halogens is 1. The number of esters is 1.